The highest BCUT2D eigenvalue weighted by Gasteiger charge is 2.38. The predicted molar refractivity (Wildman–Crippen MR) is 168 cm³/mol. The molecule has 8 heteroatoms. The summed E-state index contributed by atoms with van der Waals surface area (Å²) in [6.07, 6.45) is 4.85. The van der Waals surface area contributed by atoms with Gasteiger partial charge in [0.1, 0.15) is 5.75 Å². The molecule has 0 fully saturated rings. The van der Waals surface area contributed by atoms with Crippen LogP contribution in [0.3, 0.4) is 0 Å². The van der Waals surface area contributed by atoms with E-state index < -0.39 is 0 Å². The second-order valence-corrected chi connectivity index (χ2v) is 11.1. The van der Waals surface area contributed by atoms with Gasteiger partial charge in [-0.2, -0.15) is 0 Å². The summed E-state index contributed by atoms with van der Waals surface area (Å²) in [4.78, 5) is 29.9. The summed E-state index contributed by atoms with van der Waals surface area (Å²) >= 11 is 0. The maximum Gasteiger partial charge on any atom is 0.305 e. The third kappa shape index (κ3) is 6.58. The number of ether oxygens (including phenoxy) is 4. The van der Waals surface area contributed by atoms with E-state index in [1.165, 1.54) is 11.3 Å². The van der Waals surface area contributed by atoms with Crippen molar-refractivity contribution >= 4 is 23.3 Å². The largest absolute Gasteiger partial charge is 0.494 e. The van der Waals surface area contributed by atoms with Crippen LogP contribution in [-0.4, -0.2) is 51.9 Å². The summed E-state index contributed by atoms with van der Waals surface area (Å²) in [6.45, 7) is 5.90. The molecule has 228 valence electrons. The number of hydrogen-bond acceptors (Lipinski definition) is 7. The number of methoxy groups -OCH3 is 2. The van der Waals surface area contributed by atoms with Crippen LogP contribution in [0.15, 0.2) is 60.7 Å². The number of unbranched alkanes of at least 4 members (excludes halogenated alkanes) is 1. The Bertz CT molecular complexity index is 1440. The van der Waals surface area contributed by atoms with E-state index in [2.05, 4.69) is 42.2 Å². The first-order valence-corrected chi connectivity index (χ1v) is 15.3. The van der Waals surface area contributed by atoms with Crippen LogP contribution >= 0.6 is 0 Å². The molecule has 1 amide bonds. The molecule has 0 bridgehead atoms. The number of fused-ring (bicyclic) bond motifs is 2. The molecule has 0 spiro atoms. The Morgan fingerprint density at radius 3 is 2.53 bits per heavy atom. The van der Waals surface area contributed by atoms with Crippen LogP contribution in [0.1, 0.15) is 73.5 Å². The number of benzene rings is 3. The number of aryl methyl sites for hydroxylation is 1. The van der Waals surface area contributed by atoms with Gasteiger partial charge in [0.15, 0.2) is 11.5 Å². The van der Waals surface area contributed by atoms with Gasteiger partial charge in [-0.25, -0.2) is 0 Å². The minimum absolute atomic E-state index is 0.0110. The van der Waals surface area contributed by atoms with Gasteiger partial charge in [-0.05, 0) is 99.5 Å². The number of carbonyl (C=O) groups is 2. The number of esters is 1. The second-order valence-electron chi connectivity index (χ2n) is 11.1. The van der Waals surface area contributed by atoms with Crippen LogP contribution in [0, 0.1) is 0 Å². The van der Waals surface area contributed by atoms with Gasteiger partial charge in [-0.3, -0.25) is 9.59 Å². The molecular formula is C35H42N2O6. The van der Waals surface area contributed by atoms with Crippen molar-refractivity contribution < 1.29 is 28.5 Å². The lowest BCUT2D eigenvalue weighted by atomic mass is 9.87. The fourth-order valence-electron chi connectivity index (χ4n) is 6.31. The van der Waals surface area contributed by atoms with Gasteiger partial charge in [0, 0.05) is 35.9 Å². The van der Waals surface area contributed by atoms with E-state index in [4.69, 9.17) is 18.9 Å². The molecule has 0 radical (unpaired) electrons. The molecule has 2 aliphatic heterocycles. The minimum Gasteiger partial charge on any atom is -0.494 e. The van der Waals surface area contributed by atoms with Gasteiger partial charge in [-0.15, -0.1) is 0 Å². The van der Waals surface area contributed by atoms with Gasteiger partial charge < -0.3 is 28.7 Å². The first-order valence-electron chi connectivity index (χ1n) is 15.3. The smallest absolute Gasteiger partial charge is 0.305 e. The fourth-order valence-corrected chi connectivity index (χ4v) is 6.31. The van der Waals surface area contributed by atoms with Gasteiger partial charge in [0.25, 0.3) is 5.91 Å². The molecule has 43 heavy (non-hydrogen) atoms. The number of para-hydroxylation sites is 1. The zero-order valence-corrected chi connectivity index (χ0v) is 25.6. The topological polar surface area (TPSA) is 77.5 Å². The quantitative estimate of drug-likeness (QED) is 0.182. The lowest BCUT2D eigenvalue weighted by molar-refractivity contribution is -0.143. The third-order valence-electron chi connectivity index (χ3n) is 8.34. The summed E-state index contributed by atoms with van der Waals surface area (Å²) in [5.74, 6) is 1.79. The number of amides is 1. The van der Waals surface area contributed by atoms with Crippen molar-refractivity contribution in [2.45, 2.75) is 64.5 Å². The summed E-state index contributed by atoms with van der Waals surface area (Å²) in [5, 5.41) is 0. The van der Waals surface area contributed by atoms with Gasteiger partial charge in [0.2, 0.25) is 0 Å². The number of hydrogen-bond donors (Lipinski definition) is 0. The lowest BCUT2D eigenvalue weighted by Gasteiger charge is -2.46. The number of rotatable bonds is 11. The molecule has 2 atom stereocenters. The van der Waals surface area contributed by atoms with E-state index in [1.54, 1.807) is 32.4 Å². The molecule has 2 unspecified atom stereocenters. The zero-order chi connectivity index (χ0) is 30.3. The molecule has 0 saturated carbocycles. The van der Waals surface area contributed by atoms with Crippen molar-refractivity contribution in [1.29, 1.82) is 0 Å². The van der Waals surface area contributed by atoms with Crippen molar-refractivity contribution in [2.24, 2.45) is 0 Å². The zero-order valence-electron chi connectivity index (χ0n) is 25.6. The molecule has 0 saturated heterocycles. The van der Waals surface area contributed by atoms with Crippen LogP contribution in [0.4, 0.5) is 11.4 Å². The number of anilines is 2. The molecular weight excluding hydrogens is 544 g/mol. The lowest BCUT2D eigenvalue weighted by Crippen LogP contribution is -2.47. The Kier molecular flexibility index (Phi) is 9.75. The first-order chi connectivity index (χ1) is 20.9. The predicted octanol–water partition coefficient (Wildman–Crippen LogP) is 6.75. The van der Waals surface area contributed by atoms with Crippen molar-refractivity contribution in [3.8, 4) is 17.2 Å². The standard InChI is InChI=1S/C35H42N2O6/c1-5-42-34(38)14-8-9-20-43-27-16-17-29-25(22-27)11-10-19-36(29)31-21-24(2)37(30-13-7-6-12-28(30)31)35(39)26-15-18-32(40-3)33(23-26)41-4/h6-7,12-13,15-18,22-24,31H,5,8-11,14,19-21H2,1-4H3. The SMILES string of the molecule is CCOC(=O)CCCCOc1ccc2c(c1)CCCN2C1CC(C)N(C(=O)c2ccc(OC)c(OC)c2)c2ccccc21. The van der Waals surface area contributed by atoms with Gasteiger partial charge in [-0.1, -0.05) is 18.2 Å². The van der Waals surface area contributed by atoms with Crippen molar-refractivity contribution in [3.63, 3.8) is 0 Å². The third-order valence-corrected chi connectivity index (χ3v) is 8.34. The molecule has 8 nitrogen and oxygen atoms in total. The van der Waals surface area contributed by atoms with E-state index in [1.807, 2.05) is 24.0 Å². The Morgan fingerprint density at radius 2 is 1.74 bits per heavy atom. The summed E-state index contributed by atoms with van der Waals surface area (Å²) < 4.78 is 21.9. The van der Waals surface area contributed by atoms with Crippen molar-refractivity contribution in [2.75, 3.05) is 43.8 Å². The molecule has 2 heterocycles. The molecule has 0 aliphatic carbocycles. The van der Waals surface area contributed by atoms with Crippen molar-refractivity contribution in [1.82, 2.24) is 0 Å². The highest BCUT2D eigenvalue weighted by atomic mass is 16.5. The van der Waals surface area contributed by atoms with Crippen LogP contribution in [0.25, 0.3) is 0 Å². The van der Waals surface area contributed by atoms with Gasteiger partial charge in [0.05, 0.1) is 33.5 Å². The van der Waals surface area contributed by atoms with E-state index in [0.717, 1.165) is 55.6 Å². The summed E-state index contributed by atoms with van der Waals surface area (Å²) in [5.41, 5.74) is 5.18. The summed E-state index contributed by atoms with van der Waals surface area (Å²) in [6, 6.07) is 20.1. The maximum absolute atomic E-state index is 13.9. The highest BCUT2D eigenvalue weighted by Crippen LogP contribution is 2.45. The normalized spacial score (nSPS) is 17.5. The highest BCUT2D eigenvalue weighted by molar-refractivity contribution is 6.07. The second kappa shape index (κ2) is 13.8. The van der Waals surface area contributed by atoms with Crippen LogP contribution in [0.2, 0.25) is 0 Å². The Morgan fingerprint density at radius 1 is 0.930 bits per heavy atom. The summed E-state index contributed by atoms with van der Waals surface area (Å²) in [7, 11) is 3.17. The van der Waals surface area contributed by atoms with Crippen molar-refractivity contribution in [3.05, 3.63) is 77.4 Å². The monoisotopic (exact) mass is 586 g/mol. The number of nitrogens with zero attached hydrogens (tertiary/aromatic N) is 2. The van der Waals surface area contributed by atoms with E-state index >= 15 is 0 Å². The maximum atomic E-state index is 13.9. The van der Waals surface area contributed by atoms with E-state index in [-0.39, 0.29) is 24.0 Å². The fraction of sp³-hybridized carbons (Fsp3) is 0.429. The van der Waals surface area contributed by atoms with Crippen LogP contribution in [0.5, 0.6) is 17.2 Å². The Labute approximate surface area is 254 Å². The Balaban J connectivity index is 1.33. The molecule has 5 rings (SSSR count). The van der Waals surface area contributed by atoms with E-state index in [9.17, 15) is 9.59 Å². The molecule has 3 aromatic carbocycles. The molecule has 3 aromatic rings. The van der Waals surface area contributed by atoms with Crippen LogP contribution in [-0.2, 0) is 16.0 Å². The molecule has 0 aromatic heterocycles. The number of carbonyl (C=O) groups excluding carboxylic acids is 2. The van der Waals surface area contributed by atoms with E-state index in [0.29, 0.717) is 36.7 Å². The Hall–Kier alpha value is -4.20. The first kappa shape index (κ1) is 30.3. The minimum atomic E-state index is -0.150. The average molecular weight is 587 g/mol. The van der Waals surface area contributed by atoms with Crippen LogP contribution < -0.4 is 24.0 Å². The average Bonchev–Trinajstić information content (AvgIpc) is 3.03. The molecule has 2 aliphatic rings. The van der Waals surface area contributed by atoms with Gasteiger partial charge >= 0.3 is 5.97 Å². The molecule has 0 N–H and O–H groups in total.